The summed E-state index contributed by atoms with van der Waals surface area (Å²) in [7, 11) is 2.26. The van der Waals surface area contributed by atoms with E-state index in [0.717, 1.165) is 12.5 Å². The van der Waals surface area contributed by atoms with Gasteiger partial charge < -0.3 is 10.6 Å². The van der Waals surface area contributed by atoms with Crippen LogP contribution in [0.3, 0.4) is 0 Å². The summed E-state index contributed by atoms with van der Waals surface area (Å²) >= 11 is 0. The van der Waals surface area contributed by atoms with Crippen molar-refractivity contribution in [2.45, 2.75) is 65.2 Å². The van der Waals surface area contributed by atoms with Crippen LogP contribution >= 0.6 is 0 Å². The highest BCUT2D eigenvalue weighted by Gasteiger charge is 2.07. The molecular formula is C15H34N2. The van der Waals surface area contributed by atoms with Gasteiger partial charge >= 0.3 is 0 Å². The lowest BCUT2D eigenvalue weighted by molar-refractivity contribution is 0.298. The van der Waals surface area contributed by atoms with Gasteiger partial charge in [0.1, 0.15) is 0 Å². The molecule has 2 heteroatoms. The normalized spacial score (nSPS) is 13.2. The molecule has 0 saturated carbocycles. The Morgan fingerprint density at radius 3 is 2.18 bits per heavy atom. The summed E-state index contributed by atoms with van der Waals surface area (Å²) in [6.45, 7) is 7.93. The minimum atomic E-state index is 0.858. The number of unbranched alkanes of at least 4 members (excludes halogenated alkanes) is 2. The molecule has 0 radical (unpaired) electrons. The molecule has 104 valence electrons. The highest BCUT2D eigenvalue weighted by atomic mass is 15.1. The van der Waals surface area contributed by atoms with E-state index in [4.69, 9.17) is 5.73 Å². The molecule has 0 amide bonds. The van der Waals surface area contributed by atoms with Gasteiger partial charge in [-0.3, -0.25) is 0 Å². The summed E-state index contributed by atoms with van der Waals surface area (Å²) in [5.41, 5.74) is 5.66. The average molecular weight is 242 g/mol. The maximum atomic E-state index is 5.66. The summed E-state index contributed by atoms with van der Waals surface area (Å²) in [6.07, 6.45) is 10.6. The van der Waals surface area contributed by atoms with Crippen LogP contribution in [0.25, 0.3) is 0 Å². The largest absolute Gasteiger partial charge is 0.330 e. The Balaban J connectivity index is 3.50. The van der Waals surface area contributed by atoms with Crippen LogP contribution < -0.4 is 5.73 Å². The van der Waals surface area contributed by atoms with Gasteiger partial charge in [0.05, 0.1) is 0 Å². The highest BCUT2D eigenvalue weighted by molar-refractivity contribution is 4.61. The lowest BCUT2D eigenvalue weighted by atomic mass is 9.94. The van der Waals surface area contributed by atoms with Crippen LogP contribution in [-0.4, -0.2) is 31.6 Å². The maximum Gasteiger partial charge on any atom is -0.00217 e. The number of hydrogen-bond donors (Lipinski definition) is 1. The van der Waals surface area contributed by atoms with E-state index in [1.165, 1.54) is 64.5 Å². The summed E-state index contributed by atoms with van der Waals surface area (Å²) in [5.74, 6) is 0.869. The molecule has 0 aromatic heterocycles. The Bertz CT molecular complexity index is 142. The molecule has 2 N–H and O–H groups in total. The zero-order chi connectivity index (χ0) is 12.9. The smallest absolute Gasteiger partial charge is 0.00217 e. The zero-order valence-electron chi connectivity index (χ0n) is 12.4. The van der Waals surface area contributed by atoms with Crippen molar-refractivity contribution in [3.8, 4) is 0 Å². The Morgan fingerprint density at radius 2 is 1.59 bits per heavy atom. The lowest BCUT2D eigenvalue weighted by Gasteiger charge is -2.19. The van der Waals surface area contributed by atoms with Crippen LogP contribution in [0.4, 0.5) is 0 Å². The fourth-order valence-electron chi connectivity index (χ4n) is 2.47. The second-order valence-electron chi connectivity index (χ2n) is 5.38. The van der Waals surface area contributed by atoms with Crippen molar-refractivity contribution < 1.29 is 0 Å². The Labute approximate surface area is 109 Å². The van der Waals surface area contributed by atoms with Crippen molar-refractivity contribution in [3.63, 3.8) is 0 Å². The number of rotatable bonds is 12. The van der Waals surface area contributed by atoms with Crippen LogP contribution in [0.2, 0.25) is 0 Å². The van der Waals surface area contributed by atoms with E-state index in [2.05, 4.69) is 25.8 Å². The first-order valence-corrected chi connectivity index (χ1v) is 7.63. The van der Waals surface area contributed by atoms with Gasteiger partial charge in [-0.2, -0.15) is 0 Å². The number of nitrogens with two attached hydrogens (primary N) is 1. The van der Waals surface area contributed by atoms with E-state index < -0.39 is 0 Å². The predicted molar refractivity (Wildman–Crippen MR) is 78.3 cm³/mol. The predicted octanol–water partition coefficient (Wildman–Crippen LogP) is 3.65. The summed E-state index contributed by atoms with van der Waals surface area (Å²) in [6, 6.07) is 0. The summed E-state index contributed by atoms with van der Waals surface area (Å²) < 4.78 is 0. The van der Waals surface area contributed by atoms with Crippen LogP contribution in [0.15, 0.2) is 0 Å². The minimum absolute atomic E-state index is 0.858. The SMILES string of the molecule is CCCCCN(C)CCCC(CCC)CCN. The molecule has 1 unspecified atom stereocenters. The molecule has 0 aliphatic rings. The molecule has 0 aromatic rings. The van der Waals surface area contributed by atoms with Gasteiger partial charge in [-0.1, -0.05) is 39.5 Å². The molecule has 0 rings (SSSR count). The molecule has 2 nitrogen and oxygen atoms in total. The van der Waals surface area contributed by atoms with Gasteiger partial charge in [0.15, 0.2) is 0 Å². The molecule has 1 atom stereocenters. The molecule has 17 heavy (non-hydrogen) atoms. The van der Waals surface area contributed by atoms with Gasteiger partial charge in [0.25, 0.3) is 0 Å². The molecule has 0 saturated heterocycles. The summed E-state index contributed by atoms with van der Waals surface area (Å²) in [4.78, 5) is 2.49. The standard InChI is InChI=1S/C15H34N2/c1-4-6-7-13-17(3)14-8-10-15(9-5-2)11-12-16/h15H,4-14,16H2,1-3H3. The van der Waals surface area contributed by atoms with Crippen LogP contribution in [0.1, 0.15) is 65.2 Å². The first kappa shape index (κ1) is 16.9. The van der Waals surface area contributed by atoms with E-state index in [-0.39, 0.29) is 0 Å². The van der Waals surface area contributed by atoms with Crippen LogP contribution in [0.5, 0.6) is 0 Å². The third-order valence-corrected chi connectivity index (χ3v) is 3.57. The van der Waals surface area contributed by atoms with Crippen molar-refractivity contribution in [2.24, 2.45) is 11.7 Å². The monoisotopic (exact) mass is 242 g/mol. The van der Waals surface area contributed by atoms with E-state index in [9.17, 15) is 0 Å². The van der Waals surface area contributed by atoms with Crippen molar-refractivity contribution in [3.05, 3.63) is 0 Å². The maximum absolute atomic E-state index is 5.66. The van der Waals surface area contributed by atoms with Crippen molar-refractivity contribution in [2.75, 3.05) is 26.7 Å². The highest BCUT2D eigenvalue weighted by Crippen LogP contribution is 2.17. The third-order valence-electron chi connectivity index (χ3n) is 3.57. The lowest BCUT2D eigenvalue weighted by Crippen LogP contribution is -2.21. The van der Waals surface area contributed by atoms with Gasteiger partial charge in [-0.05, 0) is 58.3 Å². The summed E-state index contributed by atoms with van der Waals surface area (Å²) in [5, 5.41) is 0. The third kappa shape index (κ3) is 10.8. The topological polar surface area (TPSA) is 29.3 Å². The van der Waals surface area contributed by atoms with E-state index in [0.29, 0.717) is 0 Å². The fourth-order valence-corrected chi connectivity index (χ4v) is 2.47. The first-order valence-electron chi connectivity index (χ1n) is 7.63. The Kier molecular flexibility index (Phi) is 12.3. The Hall–Kier alpha value is -0.0800. The Morgan fingerprint density at radius 1 is 0.882 bits per heavy atom. The number of hydrogen-bond acceptors (Lipinski definition) is 2. The van der Waals surface area contributed by atoms with Crippen LogP contribution in [-0.2, 0) is 0 Å². The average Bonchev–Trinajstić information content (AvgIpc) is 2.30. The second kappa shape index (κ2) is 12.4. The number of nitrogens with zero attached hydrogens (tertiary/aromatic N) is 1. The van der Waals surface area contributed by atoms with Gasteiger partial charge in [-0.15, -0.1) is 0 Å². The van der Waals surface area contributed by atoms with E-state index >= 15 is 0 Å². The molecule has 0 aromatic carbocycles. The minimum Gasteiger partial charge on any atom is -0.330 e. The van der Waals surface area contributed by atoms with Gasteiger partial charge in [0, 0.05) is 0 Å². The first-order chi connectivity index (χ1) is 8.24. The van der Waals surface area contributed by atoms with E-state index in [1.54, 1.807) is 0 Å². The molecule has 0 bridgehead atoms. The molecule has 0 fully saturated rings. The molecule has 0 spiro atoms. The zero-order valence-corrected chi connectivity index (χ0v) is 12.4. The van der Waals surface area contributed by atoms with Crippen molar-refractivity contribution in [1.29, 1.82) is 0 Å². The van der Waals surface area contributed by atoms with E-state index in [1.807, 2.05) is 0 Å². The quantitative estimate of drug-likeness (QED) is 0.529. The molecule has 0 aliphatic carbocycles. The molecule has 0 heterocycles. The fraction of sp³-hybridized carbons (Fsp3) is 1.00. The van der Waals surface area contributed by atoms with Gasteiger partial charge in [0.2, 0.25) is 0 Å². The second-order valence-corrected chi connectivity index (χ2v) is 5.38. The molecule has 0 aliphatic heterocycles. The molecular weight excluding hydrogens is 208 g/mol. The van der Waals surface area contributed by atoms with Crippen LogP contribution in [0, 0.1) is 5.92 Å². The van der Waals surface area contributed by atoms with Crippen molar-refractivity contribution in [1.82, 2.24) is 4.90 Å². The van der Waals surface area contributed by atoms with Gasteiger partial charge in [-0.25, -0.2) is 0 Å². The van der Waals surface area contributed by atoms with Crippen molar-refractivity contribution >= 4 is 0 Å².